The Morgan fingerprint density at radius 2 is 1.66 bits per heavy atom. The Morgan fingerprint density at radius 1 is 1.00 bits per heavy atom. The molecule has 1 unspecified atom stereocenters. The van der Waals surface area contributed by atoms with Crippen LogP contribution in [0.3, 0.4) is 0 Å². The van der Waals surface area contributed by atoms with Gasteiger partial charge >= 0.3 is 0 Å². The van der Waals surface area contributed by atoms with Gasteiger partial charge in [0.2, 0.25) is 9.70 Å². The maximum Gasteiger partial charge on any atom is 0.292 e. The number of benzene rings is 3. The largest absolute Gasteiger partial charge is 0.339 e. The van der Waals surface area contributed by atoms with Crippen LogP contribution >= 0.6 is 47.0 Å². The molecule has 3 aromatic carbocycles. The Balaban J connectivity index is 1.71. The van der Waals surface area contributed by atoms with Gasteiger partial charge < -0.3 is 16.0 Å². The number of nitro groups is 1. The van der Waals surface area contributed by atoms with Gasteiger partial charge in [0.25, 0.3) is 5.69 Å². The second-order valence-corrected chi connectivity index (χ2v) is 9.51. The summed E-state index contributed by atoms with van der Waals surface area (Å²) in [5.74, 6) is -0.404. The Morgan fingerprint density at radius 3 is 2.38 bits per heavy atom. The van der Waals surface area contributed by atoms with Crippen LogP contribution in [0.1, 0.15) is 5.56 Å². The van der Waals surface area contributed by atoms with E-state index < -0.39 is 20.8 Å². The third-order valence-corrected chi connectivity index (χ3v) is 5.36. The van der Waals surface area contributed by atoms with Crippen molar-refractivity contribution in [3.05, 3.63) is 82.4 Å². The van der Waals surface area contributed by atoms with E-state index in [-0.39, 0.29) is 22.9 Å². The maximum atomic E-state index is 12.7. The summed E-state index contributed by atoms with van der Waals surface area (Å²) < 4.78 is -1.96. The molecule has 0 radical (unpaired) electrons. The molecule has 11 heteroatoms. The molecule has 0 aliphatic rings. The summed E-state index contributed by atoms with van der Waals surface area (Å²) >= 11 is 23.3. The van der Waals surface area contributed by atoms with Gasteiger partial charge in [-0.2, -0.15) is 0 Å². The number of thiocarbonyl (C=S) groups is 1. The molecule has 1 atom stereocenters. The molecule has 0 fully saturated rings. The van der Waals surface area contributed by atoms with Crippen LogP contribution in [0.15, 0.2) is 66.7 Å². The van der Waals surface area contributed by atoms with E-state index in [9.17, 15) is 14.9 Å². The zero-order chi connectivity index (χ0) is 23.3. The second-order valence-electron chi connectivity index (χ2n) is 6.73. The zero-order valence-electron chi connectivity index (χ0n) is 16.3. The molecule has 0 saturated heterocycles. The van der Waals surface area contributed by atoms with Gasteiger partial charge in [-0.15, -0.1) is 0 Å². The first-order chi connectivity index (χ1) is 15.1. The maximum absolute atomic E-state index is 12.7. The Kier molecular flexibility index (Phi) is 7.73. The summed E-state index contributed by atoms with van der Waals surface area (Å²) in [6.07, 6.45) is -1.15. The van der Waals surface area contributed by atoms with Gasteiger partial charge in [-0.3, -0.25) is 14.9 Å². The van der Waals surface area contributed by atoms with Crippen molar-refractivity contribution in [3.8, 4) is 0 Å². The molecule has 32 heavy (non-hydrogen) atoms. The van der Waals surface area contributed by atoms with E-state index >= 15 is 0 Å². The fourth-order valence-electron chi connectivity index (χ4n) is 3.06. The molecular formula is C21H17Cl3N4O3S. The molecule has 0 aromatic heterocycles. The lowest BCUT2D eigenvalue weighted by atomic mass is 10.0. The molecular weight excluding hydrogens is 495 g/mol. The molecule has 0 saturated carbocycles. The van der Waals surface area contributed by atoms with Crippen molar-refractivity contribution in [1.29, 1.82) is 0 Å². The van der Waals surface area contributed by atoms with Gasteiger partial charge in [0.1, 0.15) is 11.9 Å². The lowest BCUT2D eigenvalue weighted by Crippen LogP contribution is -2.56. The number of para-hydroxylation sites is 2. The first-order valence-electron chi connectivity index (χ1n) is 9.29. The standard InChI is InChI=1S/C21H17Cl3N4O3S/c22-21(23,24)19(27-20(32)25-16-10-3-4-11-17(16)28(30)31)26-18(29)12-14-8-5-7-13-6-1-2-9-15(13)14/h1-11,19H,12H2,(H,26,29)(H2,25,27,32). The van der Waals surface area contributed by atoms with Gasteiger partial charge in [0, 0.05) is 6.07 Å². The number of halogens is 3. The summed E-state index contributed by atoms with van der Waals surface area (Å²) in [5, 5.41) is 21.1. The quantitative estimate of drug-likeness (QED) is 0.140. The molecule has 3 rings (SSSR count). The monoisotopic (exact) mass is 510 g/mol. The average molecular weight is 512 g/mol. The minimum absolute atomic E-state index is 0.0463. The highest BCUT2D eigenvalue weighted by Crippen LogP contribution is 2.30. The van der Waals surface area contributed by atoms with Gasteiger partial charge in [0.05, 0.1) is 11.3 Å². The van der Waals surface area contributed by atoms with Crippen molar-refractivity contribution in [1.82, 2.24) is 10.6 Å². The van der Waals surface area contributed by atoms with E-state index in [1.807, 2.05) is 42.5 Å². The van der Waals surface area contributed by atoms with Crippen molar-refractivity contribution in [2.24, 2.45) is 0 Å². The molecule has 0 aliphatic heterocycles. The number of amides is 1. The highest BCUT2D eigenvalue weighted by atomic mass is 35.6. The molecule has 7 nitrogen and oxygen atoms in total. The minimum Gasteiger partial charge on any atom is -0.339 e. The normalized spacial score (nSPS) is 12.1. The van der Waals surface area contributed by atoms with Crippen molar-refractivity contribution in [3.63, 3.8) is 0 Å². The van der Waals surface area contributed by atoms with Gasteiger partial charge in [0.15, 0.2) is 5.11 Å². The van der Waals surface area contributed by atoms with Crippen LogP contribution in [0.5, 0.6) is 0 Å². The number of nitro benzene ring substituents is 1. The van der Waals surface area contributed by atoms with Crippen molar-refractivity contribution in [2.45, 2.75) is 16.4 Å². The summed E-state index contributed by atoms with van der Waals surface area (Å²) in [7, 11) is 0. The first-order valence-corrected chi connectivity index (χ1v) is 10.8. The number of carbonyl (C=O) groups is 1. The van der Waals surface area contributed by atoms with Crippen LogP contribution in [-0.4, -0.2) is 25.9 Å². The number of hydrogen-bond donors (Lipinski definition) is 3. The molecule has 0 aliphatic carbocycles. The van der Waals surface area contributed by atoms with Crippen LogP contribution in [0, 0.1) is 10.1 Å². The van der Waals surface area contributed by atoms with E-state index in [4.69, 9.17) is 47.0 Å². The molecule has 1 amide bonds. The van der Waals surface area contributed by atoms with Crippen molar-refractivity contribution in [2.75, 3.05) is 5.32 Å². The number of nitrogens with zero attached hydrogens (tertiary/aromatic N) is 1. The Hall–Kier alpha value is -2.65. The number of alkyl halides is 3. The lowest BCUT2D eigenvalue weighted by molar-refractivity contribution is -0.383. The molecule has 3 N–H and O–H groups in total. The number of carbonyl (C=O) groups excluding carboxylic acids is 1. The van der Waals surface area contributed by atoms with E-state index in [0.717, 1.165) is 16.3 Å². The van der Waals surface area contributed by atoms with Gasteiger partial charge in [-0.05, 0) is 34.6 Å². The predicted molar refractivity (Wildman–Crippen MR) is 132 cm³/mol. The summed E-state index contributed by atoms with van der Waals surface area (Å²) in [4.78, 5) is 23.3. The Labute approximate surface area is 204 Å². The van der Waals surface area contributed by atoms with Crippen LogP contribution in [0.25, 0.3) is 10.8 Å². The van der Waals surface area contributed by atoms with E-state index in [2.05, 4.69) is 16.0 Å². The second kappa shape index (κ2) is 10.3. The topological polar surface area (TPSA) is 96.3 Å². The lowest BCUT2D eigenvalue weighted by Gasteiger charge is -2.27. The SMILES string of the molecule is O=C(Cc1cccc2ccccc12)NC(NC(=S)Nc1ccccc1[N+](=O)[O-])C(Cl)(Cl)Cl. The van der Waals surface area contributed by atoms with Crippen LogP contribution < -0.4 is 16.0 Å². The van der Waals surface area contributed by atoms with E-state index in [0.29, 0.717) is 0 Å². The number of rotatable bonds is 6. The third-order valence-electron chi connectivity index (χ3n) is 4.49. The first kappa shape index (κ1) is 24.0. The smallest absolute Gasteiger partial charge is 0.292 e. The zero-order valence-corrected chi connectivity index (χ0v) is 19.4. The Bertz CT molecular complexity index is 1160. The third kappa shape index (κ3) is 6.20. The highest BCUT2D eigenvalue weighted by molar-refractivity contribution is 7.80. The average Bonchev–Trinajstić information content (AvgIpc) is 2.73. The molecule has 0 spiro atoms. The number of hydrogen-bond acceptors (Lipinski definition) is 4. The number of fused-ring (bicyclic) bond motifs is 1. The van der Waals surface area contributed by atoms with E-state index in [1.54, 1.807) is 6.07 Å². The van der Waals surface area contributed by atoms with Crippen LogP contribution in [0.4, 0.5) is 11.4 Å². The summed E-state index contributed by atoms with van der Waals surface area (Å²) in [6.45, 7) is 0. The fraction of sp³-hybridized carbons (Fsp3) is 0.143. The highest BCUT2D eigenvalue weighted by Gasteiger charge is 2.35. The van der Waals surface area contributed by atoms with E-state index in [1.165, 1.54) is 18.2 Å². The molecule has 166 valence electrons. The van der Waals surface area contributed by atoms with Gasteiger partial charge in [-0.25, -0.2) is 0 Å². The number of nitrogens with one attached hydrogen (secondary N) is 3. The van der Waals surface area contributed by atoms with Gasteiger partial charge in [-0.1, -0.05) is 89.4 Å². The minimum atomic E-state index is -1.96. The van der Waals surface area contributed by atoms with Crippen LogP contribution in [0.2, 0.25) is 0 Å². The van der Waals surface area contributed by atoms with Crippen LogP contribution in [-0.2, 0) is 11.2 Å². The van der Waals surface area contributed by atoms with Crippen molar-refractivity contribution >= 4 is 80.2 Å². The summed E-state index contributed by atoms with van der Waals surface area (Å²) in [5.41, 5.74) is 0.784. The molecule has 0 heterocycles. The number of anilines is 1. The van der Waals surface area contributed by atoms with Crippen molar-refractivity contribution < 1.29 is 9.72 Å². The fourth-order valence-corrected chi connectivity index (χ4v) is 3.61. The molecule has 3 aromatic rings. The summed E-state index contributed by atoms with van der Waals surface area (Å²) in [6, 6.07) is 19.3. The molecule has 0 bridgehead atoms. The predicted octanol–water partition coefficient (Wildman–Crippen LogP) is 5.09.